The predicted octanol–water partition coefficient (Wildman–Crippen LogP) is 3.64. The Hall–Kier alpha value is -1.74. The first-order valence-corrected chi connectivity index (χ1v) is 5.45. The molecule has 2 N–H and O–H groups in total. The van der Waals surface area contributed by atoms with Crippen molar-refractivity contribution < 1.29 is 9.13 Å². The lowest BCUT2D eigenvalue weighted by Gasteiger charge is -2.07. The van der Waals surface area contributed by atoms with E-state index in [1.807, 2.05) is 12.1 Å². The number of nitrogen functional groups attached to an aromatic ring is 1. The van der Waals surface area contributed by atoms with Crippen LogP contribution in [0.2, 0.25) is 5.02 Å². The molecule has 0 saturated heterocycles. The van der Waals surface area contributed by atoms with Gasteiger partial charge in [0.25, 0.3) is 0 Å². The van der Waals surface area contributed by atoms with Gasteiger partial charge in [0.05, 0.1) is 5.02 Å². The Morgan fingerprint density at radius 2 is 2.00 bits per heavy atom. The number of ether oxygens (including phenoxy) is 1. The topological polar surface area (TPSA) is 35.2 Å². The van der Waals surface area contributed by atoms with Crippen molar-refractivity contribution in [3.63, 3.8) is 0 Å². The van der Waals surface area contributed by atoms with Crippen LogP contribution in [0.5, 0.6) is 5.75 Å². The van der Waals surface area contributed by atoms with Crippen molar-refractivity contribution in [1.82, 2.24) is 0 Å². The lowest BCUT2D eigenvalue weighted by Crippen LogP contribution is -1.96. The standard InChI is InChI=1S/C13H11ClFNO/c14-12-6-9(4-5-13(12)15)8-17-11-3-1-2-10(16)7-11/h1-7H,8,16H2. The molecular formula is C13H11ClFNO. The highest BCUT2D eigenvalue weighted by atomic mass is 35.5. The number of hydrogen-bond donors (Lipinski definition) is 1. The zero-order valence-corrected chi connectivity index (χ0v) is 9.75. The molecular weight excluding hydrogens is 241 g/mol. The summed E-state index contributed by atoms with van der Waals surface area (Å²) in [5.41, 5.74) is 7.06. The molecule has 0 aliphatic carbocycles. The maximum absolute atomic E-state index is 12.9. The molecule has 2 aromatic carbocycles. The summed E-state index contributed by atoms with van der Waals surface area (Å²) in [6.45, 7) is 0.323. The van der Waals surface area contributed by atoms with Gasteiger partial charge in [-0.25, -0.2) is 4.39 Å². The Kier molecular flexibility index (Phi) is 3.49. The van der Waals surface area contributed by atoms with Gasteiger partial charge in [0, 0.05) is 11.8 Å². The van der Waals surface area contributed by atoms with Gasteiger partial charge in [0.2, 0.25) is 0 Å². The fraction of sp³-hybridized carbons (Fsp3) is 0.0769. The van der Waals surface area contributed by atoms with Crippen molar-refractivity contribution in [2.24, 2.45) is 0 Å². The SMILES string of the molecule is Nc1cccc(OCc2ccc(F)c(Cl)c2)c1. The molecule has 0 bridgehead atoms. The summed E-state index contributed by atoms with van der Waals surface area (Å²) in [4.78, 5) is 0. The third-order valence-corrected chi connectivity index (χ3v) is 2.54. The van der Waals surface area contributed by atoms with Crippen molar-refractivity contribution in [2.45, 2.75) is 6.61 Å². The average Bonchev–Trinajstić information content (AvgIpc) is 2.31. The van der Waals surface area contributed by atoms with Crippen LogP contribution in [0.3, 0.4) is 0 Å². The van der Waals surface area contributed by atoms with Crippen LogP contribution in [0.1, 0.15) is 5.56 Å². The Morgan fingerprint density at radius 3 is 2.71 bits per heavy atom. The average molecular weight is 252 g/mol. The van der Waals surface area contributed by atoms with Crippen molar-refractivity contribution in [3.05, 3.63) is 58.9 Å². The minimum atomic E-state index is -0.431. The molecule has 17 heavy (non-hydrogen) atoms. The number of rotatable bonds is 3. The second-order valence-corrected chi connectivity index (χ2v) is 4.02. The van der Waals surface area contributed by atoms with Crippen molar-refractivity contribution in [1.29, 1.82) is 0 Å². The van der Waals surface area contributed by atoms with E-state index in [9.17, 15) is 4.39 Å². The third-order valence-electron chi connectivity index (χ3n) is 2.25. The van der Waals surface area contributed by atoms with Crippen LogP contribution in [-0.2, 0) is 6.61 Å². The van der Waals surface area contributed by atoms with E-state index in [-0.39, 0.29) is 5.02 Å². The quantitative estimate of drug-likeness (QED) is 0.846. The molecule has 0 aliphatic heterocycles. The molecule has 0 radical (unpaired) electrons. The Bertz CT molecular complexity index is 531. The highest BCUT2D eigenvalue weighted by molar-refractivity contribution is 6.30. The lowest BCUT2D eigenvalue weighted by atomic mass is 10.2. The molecule has 2 rings (SSSR count). The summed E-state index contributed by atoms with van der Waals surface area (Å²) in [5.74, 6) is 0.241. The highest BCUT2D eigenvalue weighted by Gasteiger charge is 2.01. The van der Waals surface area contributed by atoms with E-state index < -0.39 is 5.82 Å². The molecule has 0 aromatic heterocycles. The Morgan fingerprint density at radius 1 is 1.18 bits per heavy atom. The van der Waals surface area contributed by atoms with Crippen molar-refractivity contribution >= 4 is 17.3 Å². The van der Waals surface area contributed by atoms with Crippen LogP contribution in [-0.4, -0.2) is 0 Å². The first kappa shape index (κ1) is 11.7. The maximum atomic E-state index is 12.9. The van der Waals surface area contributed by atoms with Gasteiger partial charge in [-0.1, -0.05) is 23.7 Å². The van der Waals surface area contributed by atoms with E-state index in [2.05, 4.69) is 0 Å². The summed E-state index contributed by atoms with van der Waals surface area (Å²) >= 11 is 5.67. The van der Waals surface area contributed by atoms with Gasteiger partial charge in [0.15, 0.2) is 0 Å². The summed E-state index contributed by atoms with van der Waals surface area (Å²) in [7, 11) is 0. The molecule has 0 atom stereocenters. The van der Waals surface area contributed by atoms with Gasteiger partial charge in [-0.05, 0) is 29.8 Å². The van der Waals surface area contributed by atoms with E-state index in [1.54, 1.807) is 24.3 Å². The van der Waals surface area contributed by atoms with Crippen LogP contribution in [0.25, 0.3) is 0 Å². The Balaban J connectivity index is 2.05. The normalized spacial score (nSPS) is 10.2. The monoisotopic (exact) mass is 251 g/mol. The second kappa shape index (κ2) is 5.06. The molecule has 0 saturated carbocycles. The lowest BCUT2D eigenvalue weighted by molar-refractivity contribution is 0.306. The highest BCUT2D eigenvalue weighted by Crippen LogP contribution is 2.19. The molecule has 2 aromatic rings. The molecule has 0 spiro atoms. The number of anilines is 1. The Labute approximate surface area is 104 Å². The van der Waals surface area contributed by atoms with Crippen LogP contribution >= 0.6 is 11.6 Å². The molecule has 0 amide bonds. The molecule has 0 heterocycles. The van der Waals surface area contributed by atoms with E-state index in [1.165, 1.54) is 6.07 Å². The van der Waals surface area contributed by atoms with Crippen LogP contribution in [0, 0.1) is 5.82 Å². The first-order chi connectivity index (χ1) is 8.15. The minimum absolute atomic E-state index is 0.0960. The zero-order valence-electron chi connectivity index (χ0n) is 8.99. The smallest absolute Gasteiger partial charge is 0.141 e. The fourth-order valence-electron chi connectivity index (χ4n) is 1.40. The first-order valence-electron chi connectivity index (χ1n) is 5.07. The van der Waals surface area contributed by atoms with Crippen molar-refractivity contribution in [2.75, 3.05) is 5.73 Å². The summed E-state index contributed by atoms with van der Waals surface area (Å²) in [6.07, 6.45) is 0. The van der Waals surface area contributed by atoms with Gasteiger partial charge >= 0.3 is 0 Å². The van der Waals surface area contributed by atoms with E-state index in [4.69, 9.17) is 22.1 Å². The fourth-order valence-corrected chi connectivity index (χ4v) is 1.60. The molecule has 4 heteroatoms. The molecule has 0 fully saturated rings. The van der Waals surface area contributed by atoms with Crippen LogP contribution < -0.4 is 10.5 Å². The van der Waals surface area contributed by atoms with Gasteiger partial charge in [-0.2, -0.15) is 0 Å². The van der Waals surface area contributed by atoms with Crippen LogP contribution in [0.15, 0.2) is 42.5 Å². The van der Waals surface area contributed by atoms with E-state index in [0.29, 0.717) is 18.0 Å². The zero-order chi connectivity index (χ0) is 12.3. The number of halogens is 2. The summed E-state index contributed by atoms with van der Waals surface area (Å²) in [5, 5.41) is 0.0960. The molecule has 2 nitrogen and oxygen atoms in total. The molecule has 88 valence electrons. The van der Waals surface area contributed by atoms with Gasteiger partial charge in [-0.3, -0.25) is 0 Å². The maximum Gasteiger partial charge on any atom is 0.141 e. The predicted molar refractivity (Wildman–Crippen MR) is 66.6 cm³/mol. The second-order valence-electron chi connectivity index (χ2n) is 3.61. The van der Waals surface area contributed by atoms with Gasteiger partial charge in [-0.15, -0.1) is 0 Å². The number of hydrogen-bond acceptors (Lipinski definition) is 2. The number of nitrogens with two attached hydrogens (primary N) is 1. The van der Waals surface area contributed by atoms with E-state index >= 15 is 0 Å². The minimum Gasteiger partial charge on any atom is -0.489 e. The van der Waals surface area contributed by atoms with Gasteiger partial charge < -0.3 is 10.5 Å². The third kappa shape index (κ3) is 3.11. The van der Waals surface area contributed by atoms with Gasteiger partial charge in [0.1, 0.15) is 18.2 Å². The summed E-state index contributed by atoms with van der Waals surface area (Å²) in [6, 6.07) is 11.6. The molecule has 0 aliphatic rings. The van der Waals surface area contributed by atoms with Crippen LogP contribution in [0.4, 0.5) is 10.1 Å². The molecule has 0 unspecified atom stereocenters. The largest absolute Gasteiger partial charge is 0.489 e. The summed E-state index contributed by atoms with van der Waals surface area (Å²) < 4.78 is 18.4. The van der Waals surface area contributed by atoms with Crippen molar-refractivity contribution in [3.8, 4) is 5.75 Å². The number of benzene rings is 2. The van der Waals surface area contributed by atoms with E-state index in [0.717, 1.165) is 5.56 Å².